The summed E-state index contributed by atoms with van der Waals surface area (Å²) < 4.78 is 56.3. The summed E-state index contributed by atoms with van der Waals surface area (Å²) in [6, 6.07) is 15.5. The minimum Gasteiger partial charge on any atom is -0.348 e. The zero-order valence-corrected chi connectivity index (χ0v) is 21.8. The van der Waals surface area contributed by atoms with E-state index in [9.17, 15) is 27.0 Å². The van der Waals surface area contributed by atoms with Gasteiger partial charge in [-0.3, -0.25) is 9.59 Å². The smallest absolute Gasteiger partial charge is 0.348 e. The highest BCUT2D eigenvalue weighted by atomic mass is 32.2. The lowest BCUT2D eigenvalue weighted by Gasteiger charge is -2.17. The van der Waals surface area contributed by atoms with Crippen LogP contribution < -0.4 is 15.5 Å². The molecule has 4 aromatic rings. The Balaban J connectivity index is 1.74. The first-order chi connectivity index (χ1) is 18.9. The predicted molar refractivity (Wildman–Crippen MR) is 145 cm³/mol. The Hall–Kier alpha value is -4.89. The molecular weight excluding hydrogens is 543 g/mol. The van der Waals surface area contributed by atoms with E-state index in [1.807, 2.05) is 0 Å². The van der Waals surface area contributed by atoms with Crippen molar-refractivity contribution in [3.8, 4) is 23.1 Å². The molecule has 0 radical (unpaired) electrons. The maximum atomic E-state index is 13.6. The zero-order valence-electron chi connectivity index (χ0n) is 21.0. The Bertz CT molecular complexity index is 1780. The van der Waals surface area contributed by atoms with E-state index in [0.29, 0.717) is 17.1 Å². The monoisotopic (exact) mass is 565 g/mol. The molecule has 204 valence electrons. The molecule has 1 atom stereocenters. The minimum absolute atomic E-state index is 0.00925. The topological polar surface area (TPSA) is 117 Å². The second kappa shape index (κ2) is 11.1. The third-order valence-electron chi connectivity index (χ3n) is 6.04. The van der Waals surface area contributed by atoms with Crippen molar-refractivity contribution in [1.29, 1.82) is 5.26 Å². The Morgan fingerprint density at radius 1 is 1.12 bits per heavy atom. The molecule has 0 bridgehead atoms. The molecule has 0 aliphatic rings. The zero-order chi connectivity index (χ0) is 29.1. The van der Waals surface area contributed by atoms with E-state index in [1.54, 1.807) is 43.4 Å². The number of carbonyl (C=O) groups is 1. The molecule has 0 aliphatic carbocycles. The molecule has 2 N–H and O–H groups in total. The molecular formula is C28H22F3N5O3S. The molecule has 2 aromatic carbocycles. The first kappa shape index (κ1) is 28.1. The molecule has 0 spiro atoms. The maximum Gasteiger partial charge on any atom is 0.416 e. The van der Waals surface area contributed by atoms with Crippen molar-refractivity contribution in [1.82, 2.24) is 19.6 Å². The standard InChI is InChI=1S/C28H22F3N5O3S/c1-18-25(20-6-5-7-21(14-20)28(29,30)31)26(37)23(16-36(18)24-8-3-4-13-33-24)27(38)34-15-19-9-11-22(12-10-19)40(2,39)35-17-32/h3-14,16H,2,15H2,1H3,(H,34,38)(H,35,39). The highest BCUT2D eigenvalue weighted by Crippen LogP contribution is 2.32. The summed E-state index contributed by atoms with van der Waals surface area (Å²) in [5.74, 6) is 3.11. The lowest BCUT2D eigenvalue weighted by molar-refractivity contribution is -0.137. The average molecular weight is 566 g/mol. The van der Waals surface area contributed by atoms with Crippen LogP contribution in [0.15, 0.2) is 88.8 Å². The average Bonchev–Trinajstić information content (AvgIpc) is 2.92. The number of carbonyl (C=O) groups excluding carboxylic acids is 1. The number of rotatable bonds is 7. The number of pyridine rings is 2. The van der Waals surface area contributed by atoms with E-state index in [1.165, 1.54) is 41.2 Å². The molecule has 0 fully saturated rings. The molecule has 2 heterocycles. The fourth-order valence-corrected chi connectivity index (χ4v) is 4.87. The first-order valence-electron chi connectivity index (χ1n) is 11.7. The van der Waals surface area contributed by atoms with Crippen molar-refractivity contribution in [2.24, 2.45) is 0 Å². The van der Waals surface area contributed by atoms with Crippen molar-refractivity contribution in [3.63, 3.8) is 0 Å². The van der Waals surface area contributed by atoms with Gasteiger partial charge in [-0.2, -0.15) is 18.4 Å². The SMILES string of the molecule is C=S(=O)(NC#N)c1ccc(CNC(=O)c2cn(-c3ccccn3)c(C)c(-c3cccc(C(F)(F)F)c3)c2=O)cc1. The number of hydrogen-bond donors (Lipinski definition) is 2. The third kappa shape index (κ3) is 5.89. The second-order valence-corrected chi connectivity index (χ2v) is 10.7. The fraction of sp³-hybridized carbons (Fsp3) is 0.107. The number of nitrogens with one attached hydrogen (secondary N) is 2. The number of benzene rings is 2. The Labute approximate surface area is 227 Å². The summed E-state index contributed by atoms with van der Waals surface area (Å²) in [4.78, 5) is 31.3. The van der Waals surface area contributed by atoms with Crippen molar-refractivity contribution in [3.05, 3.63) is 112 Å². The molecule has 12 heteroatoms. The quantitative estimate of drug-likeness (QED) is 0.198. The molecule has 40 heavy (non-hydrogen) atoms. The first-order valence-corrected chi connectivity index (χ1v) is 13.4. The predicted octanol–water partition coefficient (Wildman–Crippen LogP) is 4.22. The summed E-state index contributed by atoms with van der Waals surface area (Å²) in [6.07, 6.45) is -0.213. The summed E-state index contributed by atoms with van der Waals surface area (Å²) in [6.45, 7) is 1.55. The van der Waals surface area contributed by atoms with Crippen molar-refractivity contribution >= 4 is 21.5 Å². The molecule has 0 saturated heterocycles. The lowest BCUT2D eigenvalue weighted by atomic mass is 9.98. The van der Waals surface area contributed by atoms with Crippen LogP contribution in [0.25, 0.3) is 16.9 Å². The van der Waals surface area contributed by atoms with Gasteiger partial charge in [-0.05, 0) is 60.3 Å². The van der Waals surface area contributed by atoms with Gasteiger partial charge in [0, 0.05) is 30.2 Å². The second-order valence-electron chi connectivity index (χ2n) is 8.68. The number of nitriles is 1. The Morgan fingerprint density at radius 2 is 1.85 bits per heavy atom. The van der Waals surface area contributed by atoms with Crippen LogP contribution in [-0.4, -0.2) is 25.5 Å². The molecule has 0 aliphatic heterocycles. The van der Waals surface area contributed by atoms with Gasteiger partial charge < -0.3 is 9.88 Å². The molecule has 4 rings (SSSR count). The van der Waals surface area contributed by atoms with Gasteiger partial charge in [0.1, 0.15) is 11.4 Å². The molecule has 1 amide bonds. The Kier molecular flexibility index (Phi) is 7.79. The minimum atomic E-state index is -4.62. The molecule has 0 saturated carbocycles. The summed E-state index contributed by atoms with van der Waals surface area (Å²) >= 11 is 0. The molecule has 2 aromatic heterocycles. The van der Waals surface area contributed by atoms with Crippen LogP contribution in [0.3, 0.4) is 0 Å². The van der Waals surface area contributed by atoms with Gasteiger partial charge in [-0.25, -0.2) is 13.9 Å². The van der Waals surface area contributed by atoms with Crippen molar-refractivity contribution in [2.75, 3.05) is 0 Å². The van der Waals surface area contributed by atoms with Gasteiger partial charge >= 0.3 is 6.18 Å². The number of aromatic nitrogens is 2. The van der Waals surface area contributed by atoms with Gasteiger partial charge in [0.15, 0.2) is 6.19 Å². The highest BCUT2D eigenvalue weighted by Gasteiger charge is 2.31. The summed E-state index contributed by atoms with van der Waals surface area (Å²) in [7, 11) is -3.00. The van der Waals surface area contributed by atoms with E-state index < -0.39 is 32.8 Å². The number of alkyl halides is 3. The lowest BCUT2D eigenvalue weighted by Crippen LogP contribution is -2.31. The van der Waals surface area contributed by atoms with Crippen molar-refractivity contribution < 1.29 is 22.2 Å². The normalized spacial score (nSPS) is 12.7. The third-order valence-corrected chi connectivity index (χ3v) is 7.49. The van der Waals surface area contributed by atoms with Crippen LogP contribution in [0, 0.1) is 18.4 Å². The van der Waals surface area contributed by atoms with Crippen LogP contribution in [0.5, 0.6) is 0 Å². The maximum absolute atomic E-state index is 13.6. The highest BCUT2D eigenvalue weighted by molar-refractivity contribution is 7.98. The van der Waals surface area contributed by atoms with E-state index in [0.717, 1.165) is 12.1 Å². The number of nitrogens with zero attached hydrogens (tertiary/aromatic N) is 3. The fourth-order valence-electron chi connectivity index (χ4n) is 4.03. The van der Waals surface area contributed by atoms with Gasteiger partial charge in [0.2, 0.25) is 5.43 Å². The summed E-state index contributed by atoms with van der Waals surface area (Å²) in [5.41, 5.74) is -1.12. The number of halogens is 3. The van der Waals surface area contributed by atoms with Gasteiger partial charge in [-0.1, -0.05) is 30.3 Å². The van der Waals surface area contributed by atoms with Crippen LogP contribution in [0.1, 0.15) is 27.2 Å². The molecule has 1 unspecified atom stereocenters. The molecule has 8 nitrogen and oxygen atoms in total. The van der Waals surface area contributed by atoms with Crippen LogP contribution >= 0.6 is 0 Å². The van der Waals surface area contributed by atoms with Crippen LogP contribution in [0.2, 0.25) is 0 Å². The van der Waals surface area contributed by atoms with E-state index in [2.05, 4.69) is 20.9 Å². The Morgan fingerprint density at radius 3 is 2.48 bits per heavy atom. The van der Waals surface area contributed by atoms with Crippen LogP contribution in [0.4, 0.5) is 13.2 Å². The van der Waals surface area contributed by atoms with Gasteiger partial charge in [0.25, 0.3) is 5.91 Å². The number of hydrogen-bond acceptors (Lipinski definition) is 5. The van der Waals surface area contributed by atoms with Gasteiger partial charge in [0.05, 0.1) is 20.2 Å². The van der Waals surface area contributed by atoms with E-state index >= 15 is 0 Å². The van der Waals surface area contributed by atoms with E-state index in [4.69, 9.17) is 5.26 Å². The van der Waals surface area contributed by atoms with Crippen molar-refractivity contribution in [2.45, 2.75) is 24.5 Å². The van der Waals surface area contributed by atoms with Crippen LogP contribution in [-0.2, 0) is 22.4 Å². The largest absolute Gasteiger partial charge is 0.416 e. The summed E-state index contributed by atoms with van der Waals surface area (Å²) in [5, 5.41) is 11.4. The van der Waals surface area contributed by atoms with E-state index in [-0.39, 0.29) is 28.1 Å². The van der Waals surface area contributed by atoms with Gasteiger partial charge in [-0.15, -0.1) is 0 Å². The number of amides is 1.